The van der Waals surface area contributed by atoms with Gasteiger partial charge in [0.1, 0.15) is 11.9 Å². The van der Waals surface area contributed by atoms with Crippen molar-refractivity contribution >= 4 is 43.4 Å². The molecule has 1 heterocycles. The zero-order valence-electron chi connectivity index (χ0n) is 17.7. The number of fused-ring (bicyclic) bond motifs is 1. The normalized spacial score (nSPS) is 16.1. The molecule has 190 valence electrons. The first-order valence-electron chi connectivity index (χ1n) is 9.57. The van der Waals surface area contributed by atoms with E-state index >= 15 is 0 Å². The van der Waals surface area contributed by atoms with Gasteiger partial charge < -0.3 is 9.84 Å². The van der Waals surface area contributed by atoms with Crippen LogP contribution in [0.2, 0.25) is 0 Å². The summed E-state index contributed by atoms with van der Waals surface area (Å²) >= 11 is 0. The molecule has 1 aliphatic heterocycles. The van der Waals surface area contributed by atoms with Gasteiger partial charge in [0.25, 0.3) is 10.0 Å². The summed E-state index contributed by atoms with van der Waals surface area (Å²) in [5.41, 5.74) is -1.47. The minimum absolute atomic E-state index is 0.0580. The summed E-state index contributed by atoms with van der Waals surface area (Å²) in [7, 11) is -8.59. The molecule has 2 amide bonds. The van der Waals surface area contributed by atoms with Crippen molar-refractivity contribution in [2.75, 3.05) is 22.4 Å². The summed E-state index contributed by atoms with van der Waals surface area (Å²) < 4.78 is 96.9. The van der Waals surface area contributed by atoms with E-state index < -0.39 is 67.8 Å². The van der Waals surface area contributed by atoms with Crippen molar-refractivity contribution in [1.82, 2.24) is 4.72 Å². The lowest BCUT2D eigenvalue weighted by Crippen LogP contribution is -2.46. The molecule has 0 bridgehead atoms. The Morgan fingerprint density at radius 1 is 1.14 bits per heavy atom. The molecule has 0 radical (unpaired) electrons. The van der Waals surface area contributed by atoms with Crippen LogP contribution in [0, 0.1) is 0 Å². The summed E-state index contributed by atoms with van der Waals surface area (Å²) in [4.78, 5) is 22.3. The average molecular weight is 537 g/mol. The maximum absolute atomic E-state index is 13.4. The number of alkyl halides is 3. The van der Waals surface area contributed by atoms with Crippen molar-refractivity contribution in [3.8, 4) is 5.75 Å². The second-order valence-electron chi connectivity index (χ2n) is 7.42. The molecule has 0 fully saturated rings. The van der Waals surface area contributed by atoms with Gasteiger partial charge in [-0.05, 0) is 36.4 Å². The fourth-order valence-electron chi connectivity index (χ4n) is 3.26. The van der Waals surface area contributed by atoms with Crippen LogP contribution in [-0.2, 0) is 31.0 Å². The molecule has 2 aromatic carbocycles. The van der Waals surface area contributed by atoms with Gasteiger partial charge in [-0.15, -0.1) is 0 Å². The van der Waals surface area contributed by atoms with Gasteiger partial charge in [-0.1, -0.05) is 6.07 Å². The van der Waals surface area contributed by atoms with Crippen molar-refractivity contribution < 1.29 is 49.4 Å². The van der Waals surface area contributed by atoms with E-state index in [-0.39, 0.29) is 17.1 Å². The number of anilines is 2. The molecule has 0 aliphatic carbocycles. The van der Waals surface area contributed by atoms with Gasteiger partial charge in [0.15, 0.2) is 0 Å². The first-order chi connectivity index (χ1) is 16.1. The first kappa shape index (κ1) is 26.1. The van der Waals surface area contributed by atoms with Crippen molar-refractivity contribution in [2.45, 2.75) is 23.6 Å². The molecule has 3 N–H and O–H groups in total. The van der Waals surface area contributed by atoms with Crippen LogP contribution < -0.4 is 19.1 Å². The molecule has 0 aromatic heterocycles. The minimum atomic E-state index is -4.82. The van der Waals surface area contributed by atoms with Crippen LogP contribution >= 0.6 is 0 Å². The van der Waals surface area contributed by atoms with E-state index in [1.807, 2.05) is 5.32 Å². The number of rotatable bonds is 6. The third kappa shape index (κ3) is 6.33. The number of sulfonamides is 2. The molecule has 16 heteroatoms. The van der Waals surface area contributed by atoms with E-state index in [9.17, 15) is 39.6 Å². The Labute approximate surface area is 197 Å². The van der Waals surface area contributed by atoms with Gasteiger partial charge >= 0.3 is 12.3 Å². The summed E-state index contributed by atoms with van der Waals surface area (Å²) in [5.74, 6) is -1.12. The molecule has 1 unspecified atom stereocenters. The highest BCUT2D eigenvalue weighted by Crippen LogP contribution is 2.40. The van der Waals surface area contributed by atoms with Crippen LogP contribution in [-0.4, -0.2) is 52.8 Å². The Morgan fingerprint density at radius 3 is 2.43 bits per heavy atom. The predicted octanol–water partition coefficient (Wildman–Crippen LogP) is 2.22. The highest BCUT2D eigenvalue weighted by atomic mass is 32.2. The van der Waals surface area contributed by atoms with Crippen LogP contribution in [0.4, 0.5) is 29.3 Å². The van der Waals surface area contributed by atoms with Crippen molar-refractivity contribution in [2.24, 2.45) is 0 Å². The summed E-state index contributed by atoms with van der Waals surface area (Å²) in [6, 6.07) is 6.54. The standard InChI is InChI=1S/C19H18F3N3O8S2/c1-34(29,30)24-17(26)9-13-10-25(15-8-12(23-18(27)28)5-6-16(15)33-13)35(31,32)14-4-2-3-11(7-14)19(20,21)22/h2-8,13,23H,9-10H2,1H3,(H,24,26)(H,27,28). The third-order valence-corrected chi connectivity index (χ3v) is 6.98. The van der Waals surface area contributed by atoms with Crippen LogP contribution in [0.25, 0.3) is 0 Å². The van der Waals surface area contributed by atoms with Crippen LogP contribution in [0.15, 0.2) is 47.4 Å². The van der Waals surface area contributed by atoms with Gasteiger partial charge in [0.05, 0.1) is 35.4 Å². The number of amides is 2. The second kappa shape index (κ2) is 9.26. The predicted molar refractivity (Wildman–Crippen MR) is 116 cm³/mol. The number of carbonyl (C=O) groups is 2. The van der Waals surface area contributed by atoms with Crippen LogP contribution in [0.1, 0.15) is 12.0 Å². The fourth-order valence-corrected chi connectivity index (χ4v) is 5.30. The van der Waals surface area contributed by atoms with Crippen molar-refractivity contribution in [1.29, 1.82) is 0 Å². The van der Waals surface area contributed by atoms with Gasteiger partial charge in [0.2, 0.25) is 15.9 Å². The van der Waals surface area contributed by atoms with Gasteiger partial charge in [-0.3, -0.25) is 19.1 Å². The maximum atomic E-state index is 13.4. The zero-order chi connectivity index (χ0) is 26.2. The zero-order valence-corrected chi connectivity index (χ0v) is 19.4. The fraction of sp³-hybridized carbons (Fsp3) is 0.263. The number of halogens is 3. The Kier molecular flexibility index (Phi) is 6.90. The lowest BCUT2D eigenvalue weighted by atomic mass is 10.1. The topological polar surface area (TPSA) is 159 Å². The van der Waals surface area contributed by atoms with Crippen molar-refractivity contribution in [3.05, 3.63) is 48.0 Å². The number of nitrogens with one attached hydrogen (secondary N) is 2. The molecular formula is C19H18F3N3O8S2. The molecular weight excluding hydrogens is 519 g/mol. The average Bonchev–Trinajstić information content (AvgIpc) is 2.71. The first-order valence-corrected chi connectivity index (χ1v) is 12.9. The molecule has 0 spiro atoms. The van der Waals surface area contributed by atoms with E-state index in [0.29, 0.717) is 16.4 Å². The van der Waals surface area contributed by atoms with Gasteiger partial charge in [-0.2, -0.15) is 13.2 Å². The molecule has 35 heavy (non-hydrogen) atoms. The largest absolute Gasteiger partial charge is 0.486 e. The van der Waals surface area contributed by atoms with Crippen LogP contribution in [0.5, 0.6) is 5.75 Å². The van der Waals surface area contributed by atoms with Crippen LogP contribution in [0.3, 0.4) is 0 Å². The third-order valence-electron chi connectivity index (χ3n) is 4.60. The van der Waals surface area contributed by atoms with E-state index in [1.54, 1.807) is 4.72 Å². The van der Waals surface area contributed by atoms with Crippen molar-refractivity contribution in [3.63, 3.8) is 0 Å². The Balaban J connectivity index is 2.06. The van der Waals surface area contributed by atoms with E-state index in [2.05, 4.69) is 0 Å². The summed E-state index contributed by atoms with van der Waals surface area (Å²) in [5, 5.41) is 11.0. The van der Waals surface area contributed by atoms with E-state index in [4.69, 9.17) is 9.84 Å². The monoisotopic (exact) mass is 537 g/mol. The van der Waals surface area contributed by atoms with E-state index in [1.165, 1.54) is 12.1 Å². The summed E-state index contributed by atoms with van der Waals surface area (Å²) in [6.07, 6.45) is -7.36. The Morgan fingerprint density at radius 2 is 1.83 bits per heavy atom. The molecule has 1 aliphatic rings. The minimum Gasteiger partial charge on any atom is -0.486 e. The molecule has 0 saturated heterocycles. The highest BCUT2D eigenvalue weighted by molar-refractivity contribution is 7.92. The SMILES string of the molecule is CS(=O)(=O)NC(=O)CC1CN(S(=O)(=O)c2cccc(C(F)(F)F)c2)c2cc(NC(=O)O)ccc2O1. The molecule has 2 aromatic rings. The number of carboxylic acid groups (broad SMARTS) is 1. The second-order valence-corrected chi connectivity index (χ2v) is 11.0. The van der Waals surface area contributed by atoms with E-state index in [0.717, 1.165) is 24.5 Å². The van der Waals surface area contributed by atoms with Gasteiger partial charge in [0, 0.05) is 5.69 Å². The quantitative estimate of drug-likeness (QED) is 0.506. The number of nitrogens with zero attached hydrogens (tertiary/aromatic N) is 1. The smallest absolute Gasteiger partial charge is 0.416 e. The molecule has 0 saturated carbocycles. The number of hydrogen-bond acceptors (Lipinski definition) is 7. The lowest BCUT2D eigenvalue weighted by Gasteiger charge is -2.35. The Bertz CT molecular complexity index is 1380. The number of hydrogen-bond donors (Lipinski definition) is 3. The lowest BCUT2D eigenvalue weighted by molar-refractivity contribution is -0.137. The molecule has 3 rings (SSSR count). The Hall–Kier alpha value is -3.53. The maximum Gasteiger partial charge on any atom is 0.416 e. The number of carbonyl (C=O) groups excluding carboxylic acids is 1. The number of benzene rings is 2. The highest BCUT2D eigenvalue weighted by Gasteiger charge is 2.38. The summed E-state index contributed by atoms with van der Waals surface area (Å²) in [6.45, 7) is -0.584. The molecule has 1 atom stereocenters. The van der Waals surface area contributed by atoms with Gasteiger partial charge in [-0.25, -0.2) is 21.6 Å². The number of ether oxygens (including phenoxy) is 1. The molecule has 11 nitrogen and oxygen atoms in total.